The maximum Gasteiger partial charge on any atom is 0.343 e. The summed E-state index contributed by atoms with van der Waals surface area (Å²) < 4.78 is 21.9. The van der Waals surface area contributed by atoms with Crippen LogP contribution in [0.4, 0.5) is 0 Å². The molecule has 0 spiro atoms. The fourth-order valence-electron chi connectivity index (χ4n) is 3.61. The van der Waals surface area contributed by atoms with E-state index in [1.165, 1.54) is 0 Å². The monoisotopic (exact) mass is 428 g/mol. The van der Waals surface area contributed by atoms with Crippen molar-refractivity contribution in [2.45, 2.75) is 5.92 Å². The number of hydrogen-bond donors (Lipinski definition) is 1. The van der Waals surface area contributed by atoms with E-state index < -0.39 is 11.9 Å². The number of rotatable bonds is 5. The summed E-state index contributed by atoms with van der Waals surface area (Å²) in [4.78, 5) is 12.4. The van der Waals surface area contributed by atoms with Crippen LogP contribution < -0.4 is 24.7 Å². The van der Waals surface area contributed by atoms with E-state index in [1.807, 2.05) is 12.1 Å². The Balaban J connectivity index is 1.73. The molecule has 0 saturated heterocycles. The van der Waals surface area contributed by atoms with Gasteiger partial charge in [-0.05, 0) is 35.9 Å². The van der Waals surface area contributed by atoms with Gasteiger partial charge in [-0.1, -0.05) is 30.3 Å². The van der Waals surface area contributed by atoms with Crippen LogP contribution in [0.15, 0.2) is 78.2 Å². The average Bonchev–Trinajstić information content (AvgIpc) is 2.83. The number of esters is 1. The maximum atomic E-state index is 12.4. The molecule has 0 fully saturated rings. The van der Waals surface area contributed by atoms with Crippen molar-refractivity contribution in [2.75, 3.05) is 14.2 Å². The lowest BCUT2D eigenvalue weighted by Crippen LogP contribution is -2.21. The molecule has 1 heterocycles. The van der Waals surface area contributed by atoms with E-state index in [4.69, 9.17) is 24.7 Å². The van der Waals surface area contributed by atoms with Gasteiger partial charge in [-0.25, -0.2) is 4.79 Å². The summed E-state index contributed by atoms with van der Waals surface area (Å²) in [5.41, 5.74) is 8.27. The second kappa shape index (κ2) is 8.74. The summed E-state index contributed by atoms with van der Waals surface area (Å²) in [6.07, 6.45) is 0. The van der Waals surface area contributed by atoms with Crippen molar-refractivity contribution in [1.29, 1.82) is 5.26 Å². The van der Waals surface area contributed by atoms with Gasteiger partial charge >= 0.3 is 5.97 Å². The number of nitriles is 1. The molecule has 0 amide bonds. The number of methoxy groups -OCH3 is 2. The standard InChI is InChI=1S/C25H20N2O5/c1-29-20-11-8-16(12-22(20)30-2)23-18-10-9-17(13-21(18)32-24(27)19(23)14-26)31-25(28)15-6-4-3-5-7-15/h3-13,23H,27H2,1-2H3/t23-/m0/s1. The van der Waals surface area contributed by atoms with Crippen molar-refractivity contribution in [3.63, 3.8) is 0 Å². The van der Waals surface area contributed by atoms with Gasteiger partial charge < -0.3 is 24.7 Å². The van der Waals surface area contributed by atoms with Gasteiger partial charge in [0.25, 0.3) is 0 Å². The van der Waals surface area contributed by atoms with Gasteiger partial charge in [-0.3, -0.25) is 0 Å². The van der Waals surface area contributed by atoms with E-state index in [0.717, 1.165) is 5.56 Å². The fourth-order valence-corrected chi connectivity index (χ4v) is 3.61. The SMILES string of the molecule is COc1ccc([C@@H]2C(C#N)=C(N)Oc3cc(OC(=O)c4ccccc4)ccc32)cc1OC. The third-order valence-electron chi connectivity index (χ3n) is 5.15. The Bertz CT molecular complexity index is 1240. The van der Waals surface area contributed by atoms with Crippen molar-refractivity contribution < 1.29 is 23.7 Å². The van der Waals surface area contributed by atoms with E-state index in [1.54, 1.807) is 68.8 Å². The molecule has 160 valence electrons. The third-order valence-corrected chi connectivity index (χ3v) is 5.15. The molecule has 0 saturated carbocycles. The molecule has 1 aliphatic heterocycles. The highest BCUT2D eigenvalue weighted by molar-refractivity contribution is 5.91. The first-order valence-corrected chi connectivity index (χ1v) is 9.76. The van der Waals surface area contributed by atoms with Crippen LogP contribution in [-0.4, -0.2) is 20.2 Å². The lowest BCUT2D eigenvalue weighted by molar-refractivity contribution is 0.0734. The molecule has 1 aliphatic rings. The minimum atomic E-state index is -0.487. The van der Waals surface area contributed by atoms with Gasteiger partial charge in [-0.15, -0.1) is 0 Å². The smallest absolute Gasteiger partial charge is 0.343 e. The predicted molar refractivity (Wildman–Crippen MR) is 117 cm³/mol. The van der Waals surface area contributed by atoms with Gasteiger partial charge in [-0.2, -0.15) is 5.26 Å². The Hall–Kier alpha value is -4.44. The maximum absolute atomic E-state index is 12.4. The quantitative estimate of drug-likeness (QED) is 0.481. The van der Waals surface area contributed by atoms with Crippen LogP contribution in [0.25, 0.3) is 0 Å². The molecule has 4 rings (SSSR count). The molecule has 32 heavy (non-hydrogen) atoms. The van der Waals surface area contributed by atoms with Crippen molar-refractivity contribution in [3.8, 4) is 29.1 Å². The highest BCUT2D eigenvalue weighted by Crippen LogP contribution is 2.45. The summed E-state index contributed by atoms with van der Waals surface area (Å²) in [6.45, 7) is 0. The minimum Gasteiger partial charge on any atom is -0.493 e. The largest absolute Gasteiger partial charge is 0.493 e. The van der Waals surface area contributed by atoms with Crippen molar-refractivity contribution in [1.82, 2.24) is 0 Å². The second-order valence-corrected chi connectivity index (χ2v) is 6.99. The Morgan fingerprint density at radius 1 is 1.00 bits per heavy atom. The first-order valence-electron chi connectivity index (χ1n) is 9.76. The Morgan fingerprint density at radius 3 is 2.44 bits per heavy atom. The van der Waals surface area contributed by atoms with Crippen LogP contribution in [0.3, 0.4) is 0 Å². The van der Waals surface area contributed by atoms with Gasteiger partial charge in [0, 0.05) is 11.6 Å². The lowest BCUT2D eigenvalue weighted by atomic mass is 9.83. The van der Waals surface area contributed by atoms with E-state index >= 15 is 0 Å². The molecule has 0 aliphatic carbocycles. The van der Waals surface area contributed by atoms with Crippen molar-refractivity contribution in [3.05, 3.63) is 94.9 Å². The molecule has 7 nitrogen and oxygen atoms in total. The van der Waals surface area contributed by atoms with Crippen LogP contribution in [0.1, 0.15) is 27.4 Å². The zero-order chi connectivity index (χ0) is 22.7. The highest BCUT2D eigenvalue weighted by atomic mass is 16.5. The van der Waals surface area contributed by atoms with Gasteiger partial charge in [0.15, 0.2) is 11.5 Å². The van der Waals surface area contributed by atoms with Crippen molar-refractivity contribution in [2.24, 2.45) is 5.73 Å². The first kappa shape index (κ1) is 20.8. The topological polar surface area (TPSA) is 104 Å². The van der Waals surface area contributed by atoms with Crippen LogP contribution >= 0.6 is 0 Å². The molecule has 2 N–H and O–H groups in total. The van der Waals surface area contributed by atoms with Crippen LogP contribution in [-0.2, 0) is 0 Å². The molecule has 3 aromatic rings. The average molecular weight is 428 g/mol. The third kappa shape index (κ3) is 3.82. The molecule has 3 aromatic carbocycles. The molecule has 7 heteroatoms. The number of hydrogen-bond acceptors (Lipinski definition) is 7. The summed E-state index contributed by atoms with van der Waals surface area (Å²) in [6, 6.07) is 21.2. The second-order valence-electron chi connectivity index (χ2n) is 6.99. The normalized spacial score (nSPS) is 14.6. The number of benzene rings is 3. The fraction of sp³-hybridized carbons (Fsp3) is 0.120. The van der Waals surface area contributed by atoms with Gasteiger partial charge in [0.1, 0.15) is 23.1 Å². The number of allylic oxidation sites excluding steroid dienone is 1. The number of carbonyl (C=O) groups is 1. The van der Waals surface area contributed by atoms with E-state index in [0.29, 0.717) is 34.1 Å². The van der Waals surface area contributed by atoms with Gasteiger partial charge in [0.05, 0.1) is 25.7 Å². The number of nitrogens with two attached hydrogens (primary N) is 1. The molecule has 0 bridgehead atoms. The van der Waals surface area contributed by atoms with E-state index in [2.05, 4.69) is 6.07 Å². The van der Waals surface area contributed by atoms with Crippen LogP contribution in [0.5, 0.6) is 23.0 Å². The molecule has 0 radical (unpaired) electrons. The molecular formula is C25H20N2O5. The summed E-state index contributed by atoms with van der Waals surface area (Å²) in [7, 11) is 3.10. The number of carbonyl (C=O) groups excluding carboxylic acids is 1. The number of nitrogens with zero attached hydrogens (tertiary/aromatic N) is 1. The first-order chi connectivity index (χ1) is 15.5. The summed E-state index contributed by atoms with van der Waals surface area (Å²) in [5.74, 6) is 0.828. The number of fused-ring (bicyclic) bond motifs is 1. The zero-order valence-corrected chi connectivity index (χ0v) is 17.5. The Morgan fingerprint density at radius 2 is 1.75 bits per heavy atom. The van der Waals surface area contributed by atoms with Crippen LogP contribution in [0.2, 0.25) is 0 Å². The summed E-state index contributed by atoms with van der Waals surface area (Å²) >= 11 is 0. The molecule has 0 aromatic heterocycles. The van der Waals surface area contributed by atoms with Crippen molar-refractivity contribution >= 4 is 5.97 Å². The van der Waals surface area contributed by atoms with Gasteiger partial charge in [0.2, 0.25) is 5.88 Å². The van der Waals surface area contributed by atoms with E-state index in [9.17, 15) is 10.1 Å². The Labute approximate surface area is 185 Å². The lowest BCUT2D eigenvalue weighted by Gasteiger charge is -2.27. The Kier molecular flexibility index (Phi) is 5.69. The van der Waals surface area contributed by atoms with E-state index in [-0.39, 0.29) is 11.5 Å². The molecule has 1 atom stereocenters. The number of ether oxygens (including phenoxy) is 4. The molecule has 0 unspecified atom stereocenters. The minimum absolute atomic E-state index is 0.00804. The van der Waals surface area contributed by atoms with Crippen LogP contribution in [0, 0.1) is 11.3 Å². The predicted octanol–water partition coefficient (Wildman–Crippen LogP) is 4.14. The zero-order valence-electron chi connectivity index (χ0n) is 17.5. The highest BCUT2D eigenvalue weighted by Gasteiger charge is 2.31. The molecular weight excluding hydrogens is 408 g/mol. The summed E-state index contributed by atoms with van der Waals surface area (Å²) in [5, 5.41) is 9.75.